The Hall–Kier alpha value is -2.11. The first kappa shape index (κ1) is 18.3. The summed E-state index contributed by atoms with van der Waals surface area (Å²) in [6.45, 7) is 6.31. The monoisotopic (exact) mass is 368 g/mol. The van der Waals surface area contributed by atoms with Crippen molar-refractivity contribution >= 4 is 0 Å². The van der Waals surface area contributed by atoms with Crippen molar-refractivity contribution in [1.29, 1.82) is 0 Å². The van der Waals surface area contributed by atoms with E-state index in [0.29, 0.717) is 5.92 Å². The SMILES string of the molecule is CCc1ccc(CN2CCn3cc(O)c(=O)cc3C2C2CCOCC2)cc1. The van der Waals surface area contributed by atoms with Gasteiger partial charge in [-0.3, -0.25) is 9.69 Å². The topological polar surface area (TPSA) is 54.7 Å². The lowest BCUT2D eigenvalue weighted by atomic mass is 9.86. The van der Waals surface area contributed by atoms with Crippen LogP contribution in [0.4, 0.5) is 0 Å². The van der Waals surface area contributed by atoms with E-state index in [1.54, 1.807) is 12.3 Å². The Morgan fingerprint density at radius 3 is 2.52 bits per heavy atom. The molecule has 1 atom stereocenters. The molecule has 5 heteroatoms. The maximum Gasteiger partial charge on any atom is 0.223 e. The summed E-state index contributed by atoms with van der Waals surface area (Å²) in [5.74, 6) is 0.303. The summed E-state index contributed by atoms with van der Waals surface area (Å²) in [5.41, 5.74) is 3.40. The standard InChI is InChI=1S/C22H28N2O3/c1-2-16-3-5-17(6-4-16)14-24-10-9-23-15-21(26)20(25)13-19(23)22(24)18-7-11-27-12-8-18/h3-6,13,15,18,22,26H,2,7-12,14H2,1H3. The fourth-order valence-electron chi connectivity index (χ4n) is 4.45. The molecule has 4 rings (SSSR count). The van der Waals surface area contributed by atoms with Crippen molar-refractivity contribution < 1.29 is 9.84 Å². The zero-order valence-corrected chi connectivity index (χ0v) is 15.9. The van der Waals surface area contributed by atoms with Crippen molar-refractivity contribution in [2.45, 2.75) is 45.3 Å². The van der Waals surface area contributed by atoms with E-state index in [1.165, 1.54) is 11.1 Å². The lowest BCUT2D eigenvalue weighted by molar-refractivity contribution is 0.0112. The van der Waals surface area contributed by atoms with Gasteiger partial charge in [-0.05, 0) is 36.3 Å². The lowest BCUT2D eigenvalue weighted by Crippen LogP contribution is -2.43. The molecule has 0 aliphatic carbocycles. The van der Waals surface area contributed by atoms with Gasteiger partial charge in [0.15, 0.2) is 5.75 Å². The maximum atomic E-state index is 12.1. The summed E-state index contributed by atoms with van der Waals surface area (Å²) >= 11 is 0. The first-order valence-corrected chi connectivity index (χ1v) is 9.98. The number of aromatic hydroxyl groups is 1. The van der Waals surface area contributed by atoms with Gasteiger partial charge in [0.05, 0.1) is 12.2 Å². The van der Waals surface area contributed by atoms with Crippen LogP contribution in [0.2, 0.25) is 0 Å². The van der Waals surface area contributed by atoms with Gasteiger partial charge >= 0.3 is 0 Å². The van der Waals surface area contributed by atoms with Crippen LogP contribution in [-0.2, 0) is 24.2 Å². The van der Waals surface area contributed by atoms with Gasteiger partial charge in [0.2, 0.25) is 5.43 Å². The van der Waals surface area contributed by atoms with Gasteiger partial charge in [-0.1, -0.05) is 31.2 Å². The third-order valence-corrected chi connectivity index (χ3v) is 6.00. The molecule has 1 unspecified atom stereocenters. The summed E-state index contributed by atoms with van der Waals surface area (Å²) in [4.78, 5) is 14.7. The van der Waals surface area contributed by atoms with Crippen LogP contribution in [0, 0.1) is 5.92 Å². The second kappa shape index (κ2) is 7.87. The van der Waals surface area contributed by atoms with Crippen LogP contribution < -0.4 is 5.43 Å². The highest BCUT2D eigenvalue weighted by Gasteiger charge is 2.35. The summed E-state index contributed by atoms with van der Waals surface area (Å²) < 4.78 is 7.64. The summed E-state index contributed by atoms with van der Waals surface area (Å²) in [7, 11) is 0. The van der Waals surface area contributed by atoms with Gasteiger partial charge in [-0.25, -0.2) is 0 Å². The zero-order valence-electron chi connectivity index (χ0n) is 15.9. The summed E-state index contributed by atoms with van der Waals surface area (Å²) in [6, 6.07) is 10.7. The van der Waals surface area contributed by atoms with E-state index in [4.69, 9.17) is 4.74 Å². The molecule has 2 aromatic rings. The molecule has 2 aliphatic rings. The van der Waals surface area contributed by atoms with E-state index >= 15 is 0 Å². The Balaban J connectivity index is 1.66. The molecule has 0 amide bonds. The molecule has 144 valence electrons. The van der Waals surface area contributed by atoms with Crippen molar-refractivity contribution in [2.24, 2.45) is 5.92 Å². The number of nitrogens with zero attached hydrogens (tertiary/aromatic N) is 2. The first-order chi connectivity index (χ1) is 13.2. The number of benzene rings is 1. The van der Waals surface area contributed by atoms with Crippen molar-refractivity contribution in [1.82, 2.24) is 9.47 Å². The van der Waals surface area contributed by atoms with Crippen LogP contribution in [0.25, 0.3) is 0 Å². The van der Waals surface area contributed by atoms with Gasteiger partial charge < -0.3 is 14.4 Å². The number of hydrogen-bond donors (Lipinski definition) is 1. The Morgan fingerprint density at radius 2 is 1.81 bits per heavy atom. The third kappa shape index (κ3) is 3.80. The minimum absolute atomic E-state index is 0.159. The highest BCUT2D eigenvalue weighted by Crippen LogP contribution is 2.38. The van der Waals surface area contributed by atoms with Crippen molar-refractivity contribution in [3.8, 4) is 5.75 Å². The average Bonchev–Trinajstić information content (AvgIpc) is 2.70. The highest BCUT2D eigenvalue weighted by atomic mass is 16.5. The Labute approximate surface area is 160 Å². The predicted octanol–water partition coefficient (Wildman–Crippen LogP) is 3.10. The molecule has 1 aromatic carbocycles. The molecule has 1 N–H and O–H groups in total. The third-order valence-electron chi connectivity index (χ3n) is 6.00. The fraction of sp³-hybridized carbons (Fsp3) is 0.500. The molecule has 0 radical (unpaired) electrons. The van der Waals surface area contributed by atoms with E-state index in [0.717, 1.165) is 57.8 Å². The number of rotatable bonds is 4. The van der Waals surface area contributed by atoms with Crippen LogP contribution in [0.3, 0.4) is 0 Å². The normalized spacial score (nSPS) is 21.1. The second-order valence-electron chi connectivity index (χ2n) is 7.68. The second-order valence-corrected chi connectivity index (χ2v) is 7.68. The molecule has 27 heavy (non-hydrogen) atoms. The molecular weight excluding hydrogens is 340 g/mol. The Bertz CT molecular complexity index is 838. The van der Waals surface area contributed by atoms with Gasteiger partial charge in [0.25, 0.3) is 0 Å². The molecule has 0 saturated carbocycles. The number of pyridine rings is 1. The van der Waals surface area contributed by atoms with Crippen molar-refractivity contribution in [2.75, 3.05) is 19.8 Å². The van der Waals surface area contributed by atoms with E-state index in [2.05, 4.69) is 40.7 Å². The van der Waals surface area contributed by atoms with Crippen LogP contribution >= 0.6 is 0 Å². The van der Waals surface area contributed by atoms with E-state index in [1.807, 2.05) is 0 Å². The molecule has 1 saturated heterocycles. The van der Waals surface area contributed by atoms with Gasteiger partial charge in [0.1, 0.15) is 0 Å². The quantitative estimate of drug-likeness (QED) is 0.901. The first-order valence-electron chi connectivity index (χ1n) is 9.98. The van der Waals surface area contributed by atoms with Crippen molar-refractivity contribution in [3.05, 3.63) is 63.6 Å². The smallest absolute Gasteiger partial charge is 0.223 e. The highest BCUT2D eigenvalue weighted by molar-refractivity contribution is 5.26. The lowest BCUT2D eigenvalue weighted by Gasteiger charge is -2.43. The molecule has 3 heterocycles. The minimum atomic E-state index is -0.285. The molecule has 5 nitrogen and oxygen atoms in total. The molecule has 0 bridgehead atoms. The Morgan fingerprint density at radius 1 is 1.11 bits per heavy atom. The average molecular weight is 368 g/mol. The van der Waals surface area contributed by atoms with Crippen LogP contribution in [0.5, 0.6) is 5.75 Å². The molecular formula is C22H28N2O3. The van der Waals surface area contributed by atoms with E-state index < -0.39 is 0 Å². The molecule has 1 fully saturated rings. The molecule has 1 aromatic heterocycles. The number of hydrogen-bond acceptors (Lipinski definition) is 4. The van der Waals surface area contributed by atoms with Crippen LogP contribution in [0.15, 0.2) is 41.3 Å². The summed E-state index contributed by atoms with van der Waals surface area (Å²) in [5, 5.41) is 9.86. The summed E-state index contributed by atoms with van der Waals surface area (Å²) in [6.07, 6.45) is 4.67. The van der Waals surface area contributed by atoms with E-state index in [-0.39, 0.29) is 17.2 Å². The predicted molar refractivity (Wildman–Crippen MR) is 105 cm³/mol. The fourth-order valence-corrected chi connectivity index (χ4v) is 4.45. The zero-order chi connectivity index (χ0) is 18.8. The maximum absolute atomic E-state index is 12.1. The largest absolute Gasteiger partial charge is 0.503 e. The number of ether oxygens (including phenoxy) is 1. The van der Waals surface area contributed by atoms with Crippen molar-refractivity contribution in [3.63, 3.8) is 0 Å². The minimum Gasteiger partial charge on any atom is -0.503 e. The number of fused-ring (bicyclic) bond motifs is 1. The molecule has 0 spiro atoms. The Kier molecular flexibility index (Phi) is 5.32. The van der Waals surface area contributed by atoms with Crippen LogP contribution in [0.1, 0.15) is 42.6 Å². The number of aryl methyl sites for hydroxylation is 1. The number of aromatic nitrogens is 1. The van der Waals surface area contributed by atoms with Gasteiger partial charge in [0, 0.05) is 44.6 Å². The van der Waals surface area contributed by atoms with E-state index in [9.17, 15) is 9.90 Å². The van der Waals surface area contributed by atoms with Crippen LogP contribution in [-0.4, -0.2) is 34.3 Å². The van der Waals surface area contributed by atoms with Gasteiger partial charge in [-0.2, -0.15) is 0 Å². The van der Waals surface area contributed by atoms with Gasteiger partial charge in [-0.15, -0.1) is 0 Å². The molecule has 2 aliphatic heterocycles.